The molecule has 1 aliphatic carbocycles. The van der Waals surface area contributed by atoms with E-state index in [1.165, 1.54) is 19.3 Å². The van der Waals surface area contributed by atoms with Gasteiger partial charge < -0.3 is 10.1 Å². The summed E-state index contributed by atoms with van der Waals surface area (Å²) in [6, 6.07) is 7.06. The van der Waals surface area contributed by atoms with Crippen LogP contribution in [0.3, 0.4) is 0 Å². The van der Waals surface area contributed by atoms with E-state index >= 15 is 0 Å². The van der Waals surface area contributed by atoms with Crippen molar-refractivity contribution in [3.8, 4) is 0 Å². The molecule has 1 aromatic carbocycles. The number of hydrogen-bond donors (Lipinski definition) is 1. The van der Waals surface area contributed by atoms with E-state index in [-0.39, 0.29) is 17.5 Å². The highest BCUT2D eigenvalue weighted by Crippen LogP contribution is 2.41. The first kappa shape index (κ1) is 16.4. The van der Waals surface area contributed by atoms with Crippen LogP contribution in [0, 0.1) is 5.82 Å². The Balaban J connectivity index is 2.29. The second-order valence-electron chi connectivity index (χ2n) is 6.00. The summed E-state index contributed by atoms with van der Waals surface area (Å²) in [7, 11) is 0. The molecule has 0 aliphatic heterocycles. The third kappa shape index (κ3) is 4.04. The Bertz CT molecular complexity index is 406. The number of benzene rings is 1. The lowest BCUT2D eigenvalue weighted by molar-refractivity contribution is -0.0912. The van der Waals surface area contributed by atoms with Crippen LogP contribution >= 0.6 is 0 Å². The van der Waals surface area contributed by atoms with Crippen LogP contribution in [0.15, 0.2) is 24.3 Å². The Morgan fingerprint density at radius 1 is 1.14 bits per heavy atom. The van der Waals surface area contributed by atoms with Gasteiger partial charge in [-0.05, 0) is 50.4 Å². The number of nitrogens with one attached hydrogen (secondary N) is 1. The molecule has 2 nitrogen and oxygen atoms in total. The first-order valence-electron chi connectivity index (χ1n) is 8.34. The van der Waals surface area contributed by atoms with Crippen molar-refractivity contribution < 1.29 is 9.13 Å². The molecule has 0 heterocycles. The maximum absolute atomic E-state index is 13.2. The van der Waals surface area contributed by atoms with Crippen LogP contribution in [-0.4, -0.2) is 18.8 Å². The second-order valence-corrected chi connectivity index (χ2v) is 6.00. The van der Waals surface area contributed by atoms with Crippen molar-refractivity contribution in [2.24, 2.45) is 0 Å². The van der Waals surface area contributed by atoms with Gasteiger partial charge in [0.15, 0.2) is 0 Å². The fourth-order valence-corrected chi connectivity index (χ4v) is 3.51. The lowest BCUT2D eigenvalue weighted by atomic mass is 9.76. The van der Waals surface area contributed by atoms with Crippen molar-refractivity contribution in [2.75, 3.05) is 13.2 Å². The molecule has 1 fully saturated rings. The molecule has 0 aromatic heterocycles. The topological polar surface area (TPSA) is 21.3 Å². The lowest BCUT2D eigenvalue weighted by Crippen LogP contribution is -2.48. The Morgan fingerprint density at radius 3 is 2.38 bits per heavy atom. The molecule has 1 aliphatic rings. The van der Waals surface area contributed by atoms with Gasteiger partial charge in [0.05, 0.1) is 11.6 Å². The molecular weight excluding hydrogens is 265 g/mol. The van der Waals surface area contributed by atoms with Crippen LogP contribution in [0.25, 0.3) is 0 Å². The zero-order valence-electron chi connectivity index (χ0n) is 13.3. The highest BCUT2D eigenvalue weighted by molar-refractivity contribution is 5.23. The zero-order valence-corrected chi connectivity index (χ0v) is 13.3. The Hall–Kier alpha value is -0.930. The van der Waals surface area contributed by atoms with Gasteiger partial charge in [0.2, 0.25) is 0 Å². The van der Waals surface area contributed by atoms with E-state index in [4.69, 9.17) is 4.74 Å². The predicted octanol–water partition coefficient (Wildman–Crippen LogP) is 4.61. The van der Waals surface area contributed by atoms with Crippen molar-refractivity contribution in [1.29, 1.82) is 0 Å². The molecule has 1 unspecified atom stereocenters. The molecule has 1 aromatic rings. The summed E-state index contributed by atoms with van der Waals surface area (Å²) in [5.74, 6) is -0.179. The van der Waals surface area contributed by atoms with E-state index in [0.717, 1.165) is 38.0 Å². The van der Waals surface area contributed by atoms with Gasteiger partial charge in [-0.3, -0.25) is 0 Å². The van der Waals surface area contributed by atoms with Crippen molar-refractivity contribution in [3.63, 3.8) is 0 Å². The van der Waals surface area contributed by atoms with Gasteiger partial charge in [0, 0.05) is 6.61 Å². The van der Waals surface area contributed by atoms with Crippen molar-refractivity contribution >= 4 is 0 Å². The second kappa shape index (κ2) is 7.90. The van der Waals surface area contributed by atoms with E-state index < -0.39 is 0 Å². The molecule has 0 bridgehead atoms. The van der Waals surface area contributed by atoms with Crippen LogP contribution < -0.4 is 5.32 Å². The van der Waals surface area contributed by atoms with Crippen LogP contribution in [0.5, 0.6) is 0 Å². The van der Waals surface area contributed by atoms with Gasteiger partial charge in [0.25, 0.3) is 0 Å². The molecule has 0 spiro atoms. The minimum atomic E-state index is -0.179. The number of rotatable bonds is 7. The molecule has 21 heavy (non-hydrogen) atoms. The summed E-state index contributed by atoms with van der Waals surface area (Å²) in [6.07, 6.45) is 6.97. The summed E-state index contributed by atoms with van der Waals surface area (Å²) in [6.45, 7) is 5.92. The summed E-state index contributed by atoms with van der Waals surface area (Å²) in [5, 5.41) is 3.65. The zero-order chi connectivity index (χ0) is 15.1. The standard InChI is InChI=1S/C18H28FNO/c1-3-14-20-17(15-8-10-16(19)11-9-15)18(21-4-2)12-6-5-7-13-18/h8-11,17,20H,3-7,12-14H2,1-2H3. The number of halogens is 1. The lowest BCUT2D eigenvalue weighted by Gasteiger charge is -2.44. The quantitative estimate of drug-likeness (QED) is 0.793. The van der Waals surface area contributed by atoms with Crippen LogP contribution in [0.1, 0.15) is 64.0 Å². The molecule has 1 atom stereocenters. The third-order valence-corrected chi connectivity index (χ3v) is 4.46. The average molecular weight is 293 g/mol. The largest absolute Gasteiger partial charge is 0.373 e. The van der Waals surface area contributed by atoms with Gasteiger partial charge in [0.1, 0.15) is 5.82 Å². The summed E-state index contributed by atoms with van der Waals surface area (Å²) in [5.41, 5.74) is 1.00. The van der Waals surface area contributed by atoms with E-state index in [1.54, 1.807) is 12.1 Å². The molecule has 0 saturated heterocycles. The Labute approximate surface area is 128 Å². The monoisotopic (exact) mass is 293 g/mol. The van der Waals surface area contributed by atoms with Gasteiger partial charge in [-0.15, -0.1) is 0 Å². The summed E-state index contributed by atoms with van der Waals surface area (Å²) < 4.78 is 19.5. The molecule has 0 radical (unpaired) electrons. The number of hydrogen-bond acceptors (Lipinski definition) is 2. The first-order valence-corrected chi connectivity index (χ1v) is 8.34. The highest BCUT2D eigenvalue weighted by atomic mass is 19.1. The van der Waals surface area contributed by atoms with Gasteiger partial charge in [-0.25, -0.2) is 4.39 Å². The minimum Gasteiger partial charge on any atom is -0.373 e. The molecule has 3 heteroatoms. The van der Waals surface area contributed by atoms with Gasteiger partial charge >= 0.3 is 0 Å². The SMILES string of the molecule is CCCNC(c1ccc(F)cc1)C1(OCC)CCCCC1. The smallest absolute Gasteiger partial charge is 0.123 e. The first-order chi connectivity index (χ1) is 10.2. The Kier molecular flexibility index (Phi) is 6.19. The average Bonchev–Trinajstić information content (AvgIpc) is 2.50. The van der Waals surface area contributed by atoms with Crippen molar-refractivity contribution in [3.05, 3.63) is 35.6 Å². The molecule has 0 amide bonds. The van der Waals surface area contributed by atoms with Gasteiger partial charge in [-0.1, -0.05) is 38.3 Å². The van der Waals surface area contributed by atoms with E-state index in [0.29, 0.717) is 0 Å². The summed E-state index contributed by atoms with van der Waals surface area (Å²) >= 11 is 0. The third-order valence-electron chi connectivity index (χ3n) is 4.46. The van der Waals surface area contributed by atoms with Gasteiger partial charge in [-0.2, -0.15) is 0 Å². The van der Waals surface area contributed by atoms with Crippen LogP contribution in [-0.2, 0) is 4.74 Å². The maximum Gasteiger partial charge on any atom is 0.123 e. The van der Waals surface area contributed by atoms with Crippen LogP contribution in [0.4, 0.5) is 4.39 Å². The molecule has 1 saturated carbocycles. The molecule has 2 rings (SSSR count). The fraction of sp³-hybridized carbons (Fsp3) is 0.667. The highest BCUT2D eigenvalue weighted by Gasteiger charge is 2.41. The van der Waals surface area contributed by atoms with E-state index in [1.807, 2.05) is 12.1 Å². The summed E-state index contributed by atoms with van der Waals surface area (Å²) in [4.78, 5) is 0. The molecular formula is C18H28FNO. The fourth-order valence-electron chi connectivity index (χ4n) is 3.51. The van der Waals surface area contributed by atoms with E-state index in [2.05, 4.69) is 19.2 Å². The predicted molar refractivity (Wildman–Crippen MR) is 84.9 cm³/mol. The Morgan fingerprint density at radius 2 is 1.81 bits per heavy atom. The maximum atomic E-state index is 13.2. The van der Waals surface area contributed by atoms with Crippen molar-refractivity contribution in [2.45, 2.75) is 64.0 Å². The van der Waals surface area contributed by atoms with E-state index in [9.17, 15) is 4.39 Å². The molecule has 1 N–H and O–H groups in total. The minimum absolute atomic E-state index is 0.139. The number of ether oxygens (including phenoxy) is 1. The van der Waals surface area contributed by atoms with Crippen molar-refractivity contribution in [1.82, 2.24) is 5.32 Å². The molecule has 118 valence electrons. The van der Waals surface area contributed by atoms with Crippen LogP contribution in [0.2, 0.25) is 0 Å². The normalized spacial score (nSPS) is 19.4.